The third kappa shape index (κ3) is 3.56. The van der Waals surface area contributed by atoms with Crippen LogP contribution in [0.4, 0.5) is 0 Å². The maximum absolute atomic E-state index is 11.9. The SMILES string of the molecule is CCC(C(=O)Cc1ccccc1Cl)C(=O)OC. The third-order valence-electron chi connectivity index (χ3n) is 2.61. The second-order valence-corrected chi connectivity index (χ2v) is 4.13. The van der Waals surface area contributed by atoms with Crippen molar-refractivity contribution in [2.24, 2.45) is 5.92 Å². The number of methoxy groups -OCH3 is 1. The molecule has 4 heteroatoms. The molecule has 0 radical (unpaired) electrons. The van der Waals surface area contributed by atoms with Gasteiger partial charge in [-0.3, -0.25) is 9.59 Å². The summed E-state index contributed by atoms with van der Waals surface area (Å²) in [6.45, 7) is 1.78. The number of hydrogen-bond acceptors (Lipinski definition) is 3. The van der Waals surface area contributed by atoms with Gasteiger partial charge in [-0.05, 0) is 18.1 Å². The smallest absolute Gasteiger partial charge is 0.316 e. The molecule has 0 aliphatic heterocycles. The Morgan fingerprint density at radius 3 is 2.53 bits per heavy atom. The Balaban J connectivity index is 2.78. The summed E-state index contributed by atoms with van der Waals surface area (Å²) in [5, 5.41) is 0.542. The molecule has 0 aromatic heterocycles. The van der Waals surface area contributed by atoms with E-state index in [4.69, 9.17) is 11.6 Å². The molecule has 0 aliphatic rings. The highest BCUT2D eigenvalue weighted by atomic mass is 35.5. The summed E-state index contributed by atoms with van der Waals surface area (Å²) in [4.78, 5) is 23.3. The van der Waals surface area contributed by atoms with Gasteiger partial charge in [-0.25, -0.2) is 0 Å². The lowest BCUT2D eigenvalue weighted by Crippen LogP contribution is -2.26. The van der Waals surface area contributed by atoms with Crippen LogP contribution in [0.5, 0.6) is 0 Å². The van der Waals surface area contributed by atoms with Crippen LogP contribution in [0.15, 0.2) is 24.3 Å². The van der Waals surface area contributed by atoms with E-state index < -0.39 is 11.9 Å². The molecule has 1 unspecified atom stereocenters. The average molecular weight is 255 g/mol. The Labute approximate surface area is 106 Å². The van der Waals surface area contributed by atoms with Crippen LogP contribution >= 0.6 is 11.6 Å². The fraction of sp³-hybridized carbons (Fsp3) is 0.385. The number of Topliss-reactive ketones (excluding diaryl/α,β-unsaturated/α-hetero) is 1. The van der Waals surface area contributed by atoms with E-state index in [-0.39, 0.29) is 12.2 Å². The molecule has 0 amide bonds. The summed E-state index contributed by atoms with van der Waals surface area (Å²) in [6, 6.07) is 7.12. The fourth-order valence-corrected chi connectivity index (χ4v) is 1.82. The Bertz CT molecular complexity index is 415. The summed E-state index contributed by atoms with van der Waals surface area (Å²) in [7, 11) is 1.29. The number of carbonyl (C=O) groups is 2. The Morgan fingerprint density at radius 1 is 1.35 bits per heavy atom. The second kappa shape index (κ2) is 6.40. The Morgan fingerprint density at radius 2 is 2.00 bits per heavy atom. The fourth-order valence-electron chi connectivity index (χ4n) is 1.62. The summed E-state index contributed by atoms with van der Waals surface area (Å²) < 4.78 is 4.60. The molecule has 0 saturated carbocycles. The van der Waals surface area contributed by atoms with Gasteiger partial charge in [-0.2, -0.15) is 0 Å². The molecule has 1 aromatic rings. The highest BCUT2D eigenvalue weighted by Gasteiger charge is 2.25. The van der Waals surface area contributed by atoms with E-state index in [2.05, 4.69) is 4.74 Å². The van der Waals surface area contributed by atoms with Crippen molar-refractivity contribution in [1.29, 1.82) is 0 Å². The zero-order valence-corrected chi connectivity index (χ0v) is 10.7. The van der Waals surface area contributed by atoms with Crippen molar-refractivity contribution in [3.05, 3.63) is 34.9 Å². The maximum atomic E-state index is 11.9. The number of halogens is 1. The van der Waals surface area contributed by atoms with Gasteiger partial charge >= 0.3 is 5.97 Å². The molecular weight excluding hydrogens is 240 g/mol. The largest absolute Gasteiger partial charge is 0.468 e. The monoisotopic (exact) mass is 254 g/mol. The molecule has 92 valence electrons. The minimum absolute atomic E-state index is 0.160. The van der Waals surface area contributed by atoms with Crippen molar-refractivity contribution < 1.29 is 14.3 Å². The highest BCUT2D eigenvalue weighted by molar-refractivity contribution is 6.31. The topological polar surface area (TPSA) is 43.4 Å². The van der Waals surface area contributed by atoms with Crippen LogP contribution in [-0.2, 0) is 20.7 Å². The lowest BCUT2D eigenvalue weighted by Gasteiger charge is -2.11. The first-order valence-electron chi connectivity index (χ1n) is 5.44. The van der Waals surface area contributed by atoms with Gasteiger partial charge in [-0.15, -0.1) is 0 Å². The van der Waals surface area contributed by atoms with Crippen LogP contribution in [0.25, 0.3) is 0 Å². The first-order valence-corrected chi connectivity index (χ1v) is 5.81. The summed E-state index contributed by atoms with van der Waals surface area (Å²) in [5.41, 5.74) is 0.738. The number of hydrogen-bond donors (Lipinski definition) is 0. The number of esters is 1. The quantitative estimate of drug-likeness (QED) is 0.599. The number of ketones is 1. The third-order valence-corrected chi connectivity index (χ3v) is 2.97. The molecule has 17 heavy (non-hydrogen) atoms. The van der Waals surface area contributed by atoms with Crippen LogP contribution in [0.3, 0.4) is 0 Å². The predicted octanol–water partition coefficient (Wildman–Crippen LogP) is 2.65. The van der Waals surface area contributed by atoms with Crippen molar-refractivity contribution in [2.45, 2.75) is 19.8 Å². The molecule has 1 rings (SSSR count). The molecule has 0 N–H and O–H groups in total. The van der Waals surface area contributed by atoms with E-state index in [0.717, 1.165) is 5.56 Å². The van der Waals surface area contributed by atoms with Gasteiger partial charge in [0.25, 0.3) is 0 Å². The molecule has 0 aliphatic carbocycles. The van der Waals surface area contributed by atoms with Crippen LogP contribution in [0.1, 0.15) is 18.9 Å². The van der Waals surface area contributed by atoms with Crippen molar-refractivity contribution in [3.8, 4) is 0 Å². The molecule has 0 spiro atoms. The van der Waals surface area contributed by atoms with Crippen LogP contribution in [-0.4, -0.2) is 18.9 Å². The van der Waals surface area contributed by atoms with Gasteiger partial charge < -0.3 is 4.74 Å². The molecule has 0 fully saturated rings. The van der Waals surface area contributed by atoms with Crippen LogP contribution in [0.2, 0.25) is 5.02 Å². The molecular formula is C13H15ClO3. The molecule has 1 aromatic carbocycles. The normalized spacial score (nSPS) is 11.9. The van der Waals surface area contributed by atoms with Crippen LogP contribution in [0, 0.1) is 5.92 Å². The van der Waals surface area contributed by atoms with Gasteiger partial charge in [0.2, 0.25) is 0 Å². The van der Waals surface area contributed by atoms with E-state index in [1.807, 2.05) is 6.07 Å². The molecule has 3 nitrogen and oxygen atoms in total. The highest BCUT2D eigenvalue weighted by Crippen LogP contribution is 2.18. The van der Waals surface area contributed by atoms with Crippen molar-refractivity contribution in [1.82, 2.24) is 0 Å². The summed E-state index contributed by atoms with van der Waals surface area (Å²) >= 11 is 5.96. The lowest BCUT2D eigenvalue weighted by molar-refractivity contribution is -0.149. The number of ether oxygens (including phenoxy) is 1. The predicted molar refractivity (Wildman–Crippen MR) is 66.0 cm³/mol. The zero-order valence-electron chi connectivity index (χ0n) is 9.90. The van der Waals surface area contributed by atoms with Gasteiger partial charge in [-0.1, -0.05) is 36.7 Å². The summed E-state index contributed by atoms with van der Waals surface area (Å²) in [5.74, 6) is -1.34. The lowest BCUT2D eigenvalue weighted by atomic mass is 9.96. The minimum atomic E-state index is -0.698. The average Bonchev–Trinajstić information content (AvgIpc) is 2.32. The first-order chi connectivity index (χ1) is 8.10. The maximum Gasteiger partial charge on any atom is 0.316 e. The number of benzene rings is 1. The van der Waals surface area contributed by atoms with E-state index in [0.29, 0.717) is 11.4 Å². The molecule has 1 atom stereocenters. The molecule has 0 saturated heterocycles. The standard InChI is InChI=1S/C13H15ClO3/c1-3-10(13(16)17-2)12(15)8-9-6-4-5-7-11(9)14/h4-7,10H,3,8H2,1-2H3. The second-order valence-electron chi connectivity index (χ2n) is 3.72. The van der Waals surface area contributed by atoms with Gasteiger partial charge in [0.05, 0.1) is 7.11 Å². The first kappa shape index (κ1) is 13.7. The zero-order chi connectivity index (χ0) is 12.8. The van der Waals surface area contributed by atoms with E-state index in [1.165, 1.54) is 7.11 Å². The summed E-state index contributed by atoms with van der Waals surface area (Å²) in [6.07, 6.45) is 0.600. The van der Waals surface area contributed by atoms with E-state index in [9.17, 15) is 9.59 Å². The van der Waals surface area contributed by atoms with E-state index >= 15 is 0 Å². The van der Waals surface area contributed by atoms with Crippen molar-refractivity contribution in [2.75, 3.05) is 7.11 Å². The van der Waals surface area contributed by atoms with E-state index in [1.54, 1.807) is 25.1 Å². The Kier molecular flexibility index (Phi) is 5.16. The van der Waals surface area contributed by atoms with Gasteiger partial charge in [0.15, 0.2) is 5.78 Å². The Hall–Kier alpha value is -1.35. The van der Waals surface area contributed by atoms with Crippen molar-refractivity contribution in [3.63, 3.8) is 0 Å². The van der Waals surface area contributed by atoms with Gasteiger partial charge in [0.1, 0.15) is 5.92 Å². The van der Waals surface area contributed by atoms with Crippen molar-refractivity contribution >= 4 is 23.4 Å². The van der Waals surface area contributed by atoms with Crippen LogP contribution < -0.4 is 0 Å². The van der Waals surface area contributed by atoms with Gasteiger partial charge in [0, 0.05) is 11.4 Å². The number of rotatable bonds is 5. The molecule has 0 heterocycles. The molecule has 0 bridgehead atoms. The number of carbonyl (C=O) groups excluding carboxylic acids is 2. The minimum Gasteiger partial charge on any atom is -0.468 e.